The van der Waals surface area contributed by atoms with E-state index >= 15 is 0 Å². The summed E-state index contributed by atoms with van der Waals surface area (Å²) >= 11 is 5.99. The average molecular weight is 396 g/mol. The zero-order chi connectivity index (χ0) is 19.8. The molecule has 0 aliphatic rings. The number of fused-ring (bicyclic) bond motifs is 2. The van der Waals surface area contributed by atoms with E-state index in [1.165, 1.54) is 16.8 Å². The lowest BCUT2D eigenvalue weighted by atomic mass is 10.2. The quantitative estimate of drug-likeness (QED) is 0.536. The molecule has 2 heterocycles. The molecule has 0 unspecified atom stereocenters. The summed E-state index contributed by atoms with van der Waals surface area (Å²) in [4.78, 5) is 40.2. The molecule has 0 radical (unpaired) electrons. The second kappa shape index (κ2) is 6.94. The maximum atomic E-state index is 13.0. The molecule has 0 saturated carbocycles. The summed E-state index contributed by atoms with van der Waals surface area (Å²) in [6.45, 7) is 0.206. The largest absolute Gasteiger partial charge is 0.497 e. The smallest absolute Gasteiger partial charge is 0.274 e. The second-order valence-electron chi connectivity index (χ2n) is 6.21. The summed E-state index contributed by atoms with van der Waals surface area (Å²) in [5.41, 5.74) is 0.100. The van der Waals surface area contributed by atoms with Gasteiger partial charge in [0.05, 0.1) is 24.6 Å². The van der Waals surface area contributed by atoms with Crippen LogP contribution in [0.25, 0.3) is 21.8 Å². The standard InChI is InChI=1S/C20H14ClN3O4/c1-28-13-5-2-11(3-6-13)9-24-18-17(16(10-25)23-24)19(26)14-7-4-12(21)8-15(14)22-20(18)27/h2-8,10H,9H2,1H3,(H,22,27). The summed E-state index contributed by atoms with van der Waals surface area (Å²) in [5, 5.41) is 4.81. The normalized spacial score (nSPS) is 11.1. The molecule has 0 saturated heterocycles. The van der Waals surface area contributed by atoms with Gasteiger partial charge in [0.15, 0.2) is 11.7 Å². The van der Waals surface area contributed by atoms with Crippen molar-refractivity contribution in [3.8, 4) is 5.75 Å². The molecule has 140 valence electrons. The molecule has 1 N–H and O–H groups in total. The van der Waals surface area contributed by atoms with E-state index in [2.05, 4.69) is 10.1 Å². The lowest BCUT2D eigenvalue weighted by Crippen LogP contribution is -2.11. The molecule has 4 aromatic rings. The third-order valence-corrected chi connectivity index (χ3v) is 4.73. The Kier molecular flexibility index (Phi) is 4.44. The van der Waals surface area contributed by atoms with Crippen molar-refractivity contribution in [2.45, 2.75) is 6.54 Å². The average Bonchev–Trinajstić information content (AvgIpc) is 3.01. The summed E-state index contributed by atoms with van der Waals surface area (Å²) in [6, 6.07) is 11.8. The zero-order valence-electron chi connectivity index (χ0n) is 14.7. The van der Waals surface area contributed by atoms with Gasteiger partial charge in [-0.25, -0.2) is 0 Å². The highest BCUT2D eigenvalue weighted by Crippen LogP contribution is 2.18. The minimum absolute atomic E-state index is 0.0120. The molecule has 2 aromatic heterocycles. The molecule has 8 heteroatoms. The Hall–Kier alpha value is -3.45. The van der Waals surface area contributed by atoms with Crippen molar-refractivity contribution in [1.29, 1.82) is 0 Å². The van der Waals surface area contributed by atoms with Crippen LogP contribution in [-0.4, -0.2) is 28.2 Å². The number of hydrogen-bond acceptors (Lipinski definition) is 5. The number of carbonyl (C=O) groups excluding carboxylic acids is 1. The number of ether oxygens (including phenoxy) is 1. The van der Waals surface area contributed by atoms with E-state index < -0.39 is 11.0 Å². The Morgan fingerprint density at radius 3 is 2.61 bits per heavy atom. The van der Waals surface area contributed by atoms with Crippen LogP contribution in [0, 0.1) is 0 Å². The monoisotopic (exact) mass is 395 g/mol. The first kappa shape index (κ1) is 17.9. The van der Waals surface area contributed by atoms with E-state index in [9.17, 15) is 14.4 Å². The number of aromatic nitrogens is 3. The molecule has 0 amide bonds. The Morgan fingerprint density at radius 1 is 1.18 bits per heavy atom. The molecule has 4 rings (SSSR count). The van der Waals surface area contributed by atoms with Crippen molar-refractivity contribution in [2.24, 2.45) is 0 Å². The van der Waals surface area contributed by atoms with Crippen molar-refractivity contribution in [1.82, 2.24) is 14.8 Å². The minimum Gasteiger partial charge on any atom is -0.497 e. The fourth-order valence-electron chi connectivity index (χ4n) is 3.17. The van der Waals surface area contributed by atoms with Crippen LogP contribution in [0.2, 0.25) is 5.02 Å². The van der Waals surface area contributed by atoms with Crippen LogP contribution >= 0.6 is 11.6 Å². The van der Waals surface area contributed by atoms with Gasteiger partial charge in [0.1, 0.15) is 17.0 Å². The predicted molar refractivity (Wildman–Crippen MR) is 107 cm³/mol. The molecule has 2 aromatic carbocycles. The molecule has 0 aliphatic carbocycles. The first-order valence-corrected chi connectivity index (χ1v) is 8.74. The van der Waals surface area contributed by atoms with Crippen molar-refractivity contribution in [2.75, 3.05) is 7.11 Å². The fraction of sp³-hybridized carbons (Fsp3) is 0.100. The van der Waals surface area contributed by atoms with E-state index in [1.54, 1.807) is 25.3 Å². The summed E-state index contributed by atoms with van der Waals surface area (Å²) in [5.74, 6) is 0.692. The first-order valence-electron chi connectivity index (χ1n) is 8.36. The van der Waals surface area contributed by atoms with Gasteiger partial charge >= 0.3 is 0 Å². The SMILES string of the molecule is COc1ccc(Cn2nc(C=O)c3c(=O)c4ccc(Cl)cc4[nH]c(=O)c32)cc1. The molecule has 0 atom stereocenters. The Bertz CT molecular complexity index is 1340. The topological polar surface area (TPSA) is 94.1 Å². The molecule has 0 fully saturated rings. The molecular formula is C20H14ClN3O4. The molecule has 28 heavy (non-hydrogen) atoms. The van der Waals surface area contributed by atoms with E-state index in [0.29, 0.717) is 22.6 Å². The van der Waals surface area contributed by atoms with E-state index in [-0.39, 0.29) is 28.5 Å². The van der Waals surface area contributed by atoms with Gasteiger partial charge in [0.25, 0.3) is 5.56 Å². The Balaban J connectivity index is 2.02. The molecule has 7 nitrogen and oxygen atoms in total. The lowest BCUT2D eigenvalue weighted by molar-refractivity contribution is 0.111. The van der Waals surface area contributed by atoms with Crippen LogP contribution in [0.15, 0.2) is 52.1 Å². The number of aldehydes is 1. The van der Waals surface area contributed by atoms with Crippen LogP contribution in [0.3, 0.4) is 0 Å². The highest BCUT2D eigenvalue weighted by atomic mass is 35.5. The number of nitrogens with zero attached hydrogens (tertiary/aromatic N) is 2. The van der Waals surface area contributed by atoms with Crippen LogP contribution in [0.1, 0.15) is 16.1 Å². The summed E-state index contributed by atoms with van der Waals surface area (Å²) < 4.78 is 6.50. The maximum Gasteiger partial charge on any atom is 0.274 e. The number of rotatable bonds is 4. The number of aromatic amines is 1. The van der Waals surface area contributed by atoms with Crippen molar-refractivity contribution < 1.29 is 9.53 Å². The van der Waals surface area contributed by atoms with Crippen molar-refractivity contribution in [3.05, 3.63) is 79.3 Å². The van der Waals surface area contributed by atoms with Crippen LogP contribution in [0.4, 0.5) is 0 Å². The van der Waals surface area contributed by atoms with Crippen molar-refractivity contribution >= 4 is 39.7 Å². The fourth-order valence-corrected chi connectivity index (χ4v) is 3.34. The molecule has 0 bridgehead atoms. The summed E-state index contributed by atoms with van der Waals surface area (Å²) in [6.07, 6.45) is 0.482. The first-order chi connectivity index (χ1) is 13.5. The number of methoxy groups -OCH3 is 1. The van der Waals surface area contributed by atoms with Gasteiger partial charge in [-0.3, -0.25) is 19.1 Å². The number of halogens is 1. The zero-order valence-corrected chi connectivity index (χ0v) is 15.5. The van der Waals surface area contributed by atoms with Gasteiger partial charge in [-0.2, -0.15) is 5.10 Å². The van der Waals surface area contributed by atoms with E-state index in [0.717, 1.165) is 5.56 Å². The third kappa shape index (κ3) is 2.95. The van der Waals surface area contributed by atoms with Crippen LogP contribution in [0.5, 0.6) is 5.75 Å². The van der Waals surface area contributed by atoms with Gasteiger partial charge in [-0.05, 0) is 35.9 Å². The van der Waals surface area contributed by atoms with Gasteiger partial charge in [0, 0.05) is 10.4 Å². The minimum atomic E-state index is -0.529. The molecule has 0 aliphatic heterocycles. The number of nitrogens with one attached hydrogen (secondary N) is 1. The van der Waals surface area contributed by atoms with Gasteiger partial charge in [0.2, 0.25) is 0 Å². The second-order valence-corrected chi connectivity index (χ2v) is 6.64. The molecular weight excluding hydrogens is 382 g/mol. The highest BCUT2D eigenvalue weighted by molar-refractivity contribution is 6.31. The maximum absolute atomic E-state index is 13.0. The number of benzene rings is 2. The van der Waals surface area contributed by atoms with Gasteiger partial charge < -0.3 is 9.72 Å². The predicted octanol–water partition coefficient (Wildman–Crippen LogP) is 2.76. The number of carbonyl (C=O) groups is 1. The van der Waals surface area contributed by atoms with Crippen LogP contribution < -0.4 is 15.7 Å². The Labute approximate surface area is 163 Å². The van der Waals surface area contributed by atoms with Gasteiger partial charge in [-0.1, -0.05) is 23.7 Å². The number of hydrogen-bond donors (Lipinski definition) is 1. The third-order valence-electron chi connectivity index (χ3n) is 4.50. The summed E-state index contributed by atoms with van der Waals surface area (Å²) in [7, 11) is 1.57. The van der Waals surface area contributed by atoms with Crippen molar-refractivity contribution in [3.63, 3.8) is 0 Å². The van der Waals surface area contributed by atoms with Crippen LogP contribution in [-0.2, 0) is 6.54 Å². The number of H-pyrrole nitrogens is 1. The Morgan fingerprint density at radius 2 is 1.93 bits per heavy atom. The van der Waals surface area contributed by atoms with Gasteiger partial charge in [-0.15, -0.1) is 0 Å². The highest BCUT2D eigenvalue weighted by Gasteiger charge is 2.18. The van der Waals surface area contributed by atoms with E-state index in [1.807, 2.05) is 12.1 Å². The van der Waals surface area contributed by atoms with E-state index in [4.69, 9.17) is 16.3 Å². The lowest BCUT2D eigenvalue weighted by Gasteiger charge is -2.04. The molecule has 0 spiro atoms.